The van der Waals surface area contributed by atoms with Gasteiger partial charge in [0.1, 0.15) is 11.3 Å². The molecular formula is C11H16NO4P. The van der Waals surface area contributed by atoms with Crippen molar-refractivity contribution in [3.8, 4) is 5.75 Å². The number of hydrogen-bond acceptors (Lipinski definition) is 4. The molecular weight excluding hydrogens is 241 g/mol. The van der Waals surface area contributed by atoms with Gasteiger partial charge in [0.2, 0.25) is 0 Å². The van der Waals surface area contributed by atoms with E-state index in [4.69, 9.17) is 4.52 Å². The van der Waals surface area contributed by atoms with Gasteiger partial charge in [0, 0.05) is 0 Å². The van der Waals surface area contributed by atoms with Crippen LogP contribution in [0.5, 0.6) is 5.75 Å². The molecule has 1 rings (SSSR count). The lowest BCUT2D eigenvalue weighted by Gasteiger charge is -2.22. The van der Waals surface area contributed by atoms with Crippen molar-refractivity contribution in [1.29, 1.82) is 0 Å². The van der Waals surface area contributed by atoms with Gasteiger partial charge in [-0.25, -0.2) is 5.09 Å². The normalized spacial score (nSPS) is 12.9. The summed E-state index contributed by atoms with van der Waals surface area (Å²) < 4.78 is 21.5. The maximum atomic E-state index is 11.7. The number of benzene rings is 1. The molecule has 1 N–H and O–H groups in total. The van der Waals surface area contributed by atoms with Crippen molar-refractivity contribution < 1.29 is 18.6 Å². The molecule has 5 nitrogen and oxygen atoms in total. The standard InChI is InChI=1S/C11H16NO4P/c1-11(2,10(13)15-3)12-17(14)16-9-7-5-4-6-8-9/h4-8,17H,1-3H3,(H,12,14). The van der Waals surface area contributed by atoms with Gasteiger partial charge in [-0.05, 0) is 26.0 Å². The summed E-state index contributed by atoms with van der Waals surface area (Å²) >= 11 is 0. The van der Waals surface area contributed by atoms with Crippen LogP contribution < -0.4 is 9.61 Å². The molecule has 17 heavy (non-hydrogen) atoms. The second kappa shape index (κ2) is 5.84. The molecule has 0 saturated carbocycles. The maximum absolute atomic E-state index is 11.7. The number of nitrogens with one attached hydrogen (secondary N) is 1. The van der Waals surface area contributed by atoms with Crippen molar-refractivity contribution in [2.75, 3.05) is 7.11 Å². The fraction of sp³-hybridized carbons (Fsp3) is 0.364. The second-order valence-electron chi connectivity index (χ2n) is 3.94. The van der Waals surface area contributed by atoms with Crippen LogP contribution in [0.25, 0.3) is 0 Å². The molecule has 0 radical (unpaired) electrons. The van der Waals surface area contributed by atoms with Gasteiger partial charge < -0.3 is 9.26 Å². The fourth-order valence-electron chi connectivity index (χ4n) is 1.18. The van der Waals surface area contributed by atoms with Crippen molar-refractivity contribution in [3.63, 3.8) is 0 Å². The van der Waals surface area contributed by atoms with E-state index in [-0.39, 0.29) is 0 Å². The molecule has 0 aromatic heterocycles. The lowest BCUT2D eigenvalue weighted by atomic mass is 10.1. The summed E-state index contributed by atoms with van der Waals surface area (Å²) in [7, 11) is -1.28. The predicted octanol–water partition coefficient (Wildman–Crippen LogP) is 2.00. The van der Waals surface area contributed by atoms with E-state index < -0.39 is 19.7 Å². The van der Waals surface area contributed by atoms with Crippen molar-refractivity contribution in [3.05, 3.63) is 30.3 Å². The SMILES string of the molecule is COC(=O)C(C)(C)N[PH](=O)Oc1ccccc1. The Balaban J connectivity index is 2.59. The van der Waals surface area contributed by atoms with Crippen molar-refractivity contribution in [2.45, 2.75) is 19.4 Å². The average molecular weight is 257 g/mol. The summed E-state index contributed by atoms with van der Waals surface area (Å²) in [6.45, 7) is 3.16. The van der Waals surface area contributed by atoms with E-state index >= 15 is 0 Å². The molecule has 0 fully saturated rings. The number of esters is 1. The molecule has 0 saturated heterocycles. The number of carbonyl (C=O) groups excluding carboxylic acids is 1. The summed E-state index contributed by atoms with van der Waals surface area (Å²) in [4.78, 5) is 11.4. The molecule has 1 aromatic rings. The summed E-state index contributed by atoms with van der Waals surface area (Å²) in [5, 5.41) is 2.60. The van der Waals surface area contributed by atoms with Gasteiger partial charge in [-0.1, -0.05) is 18.2 Å². The molecule has 0 aliphatic rings. The Kier molecular flexibility index (Phi) is 4.73. The van der Waals surface area contributed by atoms with E-state index in [1.807, 2.05) is 6.07 Å². The van der Waals surface area contributed by atoms with E-state index in [2.05, 4.69) is 9.82 Å². The Morgan fingerprint density at radius 1 is 1.29 bits per heavy atom. The highest BCUT2D eigenvalue weighted by Gasteiger charge is 2.30. The van der Waals surface area contributed by atoms with Gasteiger partial charge in [0.05, 0.1) is 7.11 Å². The molecule has 0 amide bonds. The largest absolute Gasteiger partial charge is 0.468 e. The zero-order chi connectivity index (χ0) is 12.9. The number of ether oxygens (including phenoxy) is 1. The monoisotopic (exact) mass is 257 g/mol. The van der Waals surface area contributed by atoms with Crippen LogP contribution in [0.15, 0.2) is 30.3 Å². The first-order chi connectivity index (χ1) is 7.95. The van der Waals surface area contributed by atoms with Crippen LogP contribution in [0.2, 0.25) is 0 Å². The highest BCUT2D eigenvalue weighted by atomic mass is 31.1. The van der Waals surface area contributed by atoms with Crippen LogP contribution in [-0.2, 0) is 14.1 Å². The van der Waals surface area contributed by atoms with E-state index in [0.717, 1.165) is 0 Å². The summed E-state index contributed by atoms with van der Waals surface area (Å²) in [5.74, 6) is -0.00272. The van der Waals surface area contributed by atoms with E-state index in [0.29, 0.717) is 5.75 Å². The number of carbonyl (C=O) groups is 1. The molecule has 0 aliphatic carbocycles. The Labute approximate surface area is 101 Å². The Hall–Kier alpha value is -1.32. The number of methoxy groups -OCH3 is 1. The molecule has 94 valence electrons. The van der Waals surface area contributed by atoms with Crippen molar-refractivity contribution in [1.82, 2.24) is 5.09 Å². The fourth-order valence-corrected chi connectivity index (χ4v) is 2.20. The number of para-hydroxylation sites is 1. The number of rotatable bonds is 5. The third-order valence-corrected chi connectivity index (χ3v) is 3.31. The molecule has 1 aromatic carbocycles. The summed E-state index contributed by atoms with van der Waals surface area (Å²) in [6, 6.07) is 8.76. The summed E-state index contributed by atoms with van der Waals surface area (Å²) in [5.41, 5.74) is -1.04. The van der Waals surface area contributed by atoms with E-state index in [1.54, 1.807) is 38.1 Å². The average Bonchev–Trinajstić information content (AvgIpc) is 2.28. The lowest BCUT2D eigenvalue weighted by Crippen LogP contribution is -2.44. The Morgan fingerprint density at radius 2 is 1.88 bits per heavy atom. The molecule has 0 spiro atoms. The second-order valence-corrected chi connectivity index (χ2v) is 4.97. The molecule has 0 heterocycles. The molecule has 1 atom stereocenters. The van der Waals surface area contributed by atoms with E-state index in [1.165, 1.54) is 7.11 Å². The first kappa shape index (κ1) is 13.7. The van der Waals surface area contributed by atoms with Crippen LogP contribution in [0.4, 0.5) is 0 Å². The minimum absolute atomic E-state index is 0.490. The van der Waals surface area contributed by atoms with Gasteiger partial charge in [-0.2, -0.15) is 0 Å². The van der Waals surface area contributed by atoms with Crippen molar-refractivity contribution in [2.24, 2.45) is 0 Å². The van der Waals surface area contributed by atoms with Gasteiger partial charge in [0.15, 0.2) is 0 Å². The zero-order valence-corrected chi connectivity index (χ0v) is 11.0. The summed E-state index contributed by atoms with van der Waals surface area (Å²) in [6.07, 6.45) is 0. The lowest BCUT2D eigenvalue weighted by molar-refractivity contribution is -0.146. The maximum Gasteiger partial charge on any atom is 0.325 e. The first-order valence-corrected chi connectivity index (χ1v) is 6.41. The topological polar surface area (TPSA) is 64.6 Å². The minimum atomic E-state index is -2.55. The van der Waals surface area contributed by atoms with E-state index in [9.17, 15) is 9.36 Å². The van der Waals surface area contributed by atoms with Crippen LogP contribution in [0.3, 0.4) is 0 Å². The highest BCUT2D eigenvalue weighted by Crippen LogP contribution is 2.26. The van der Waals surface area contributed by atoms with Crippen molar-refractivity contribution >= 4 is 14.1 Å². The Morgan fingerprint density at radius 3 is 2.41 bits per heavy atom. The third kappa shape index (κ3) is 4.21. The Bertz CT molecular complexity index is 405. The molecule has 6 heteroatoms. The van der Waals surface area contributed by atoms with Crippen LogP contribution in [0.1, 0.15) is 13.8 Å². The van der Waals surface area contributed by atoms with Gasteiger partial charge >= 0.3 is 14.1 Å². The quantitative estimate of drug-likeness (QED) is 0.645. The molecule has 1 unspecified atom stereocenters. The molecule has 0 aliphatic heterocycles. The van der Waals surface area contributed by atoms with Gasteiger partial charge in [-0.3, -0.25) is 9.36 Å². The van der Waals surface area contributed by atoms with Crippen LogP contribution >= 0.6 is 8.18 Å². The highest BCUT2D eigenvalue weighted by molar-refractivity contribution is 7.37. The number of hydrogen-bond donors (Lipinski definition) is 1. The van der Waals surface area contributed by atoms with Gasteiger partial charge in [-0.15, -0.1) is 0 Å². The third-order valence-electron chi connectivity index (χ3n) is 2.06. The van der Waals surface area contributed by atoms with Gasteiger partial charge in [0.25, 0.3) is 0 Å². The van der Waals surface area contributed by atoms with Crippen LogP contribution in [0, 0.1) is 0 Å². The predicted molar refractivity (Wildman–Crippen MR) is 65.3 cm³/mol. The smallest absolute Gasteiger partial charge is 0.325 e. The molecule has 0 bridgehead atoms. The first-order valence-electron chi connectivity index (χ1n) is 5.09. The minimum Gasteiger partial charge on any atom is -0.468 e. The van der Waals surface area contributed by atoms with Crippen LogP contribution in [-0.4, -0.2) is 18.6 Å². The zero-order valence-electron chi connectivity index (χ0n) is 10.0.